The first-order chi connectivity index (χ1) is 15.0. The van der Waals surface area contributed by atoms with Crippen molar-refractivity contribution in [1.29, 1.82) is 0 Å². The normalized spacial score (nSPS) is 28.3. The average molecular weight is 435 g/mol. The first-order valence-corrected chi connectivity index (χ1v) is 11.6. The Hall–Kier alpha value is -2.14. The highest BCUT2D eigenvalue weighted by Crippen LogP contribution is 2.51. The molecule has 0 radical (unpaired) electrons. The van der Waals surface area contributed by atoms with Gasteiger partial charge >= 0.3 is 0 Å². The fourth-order valence-electron chi connectivity index (χ4n) is 5.95. The fourth-order valence-corrected chi connectivity index (χ4v) is 6.18. The lowest BCUT2D eigenvalue weighted by atomic mass is 9.56. The number of phenolic OH excluding ortho intramolecular Hbond substituents is 1. The van der Waals surface area contributed by atoms with Crippen LogP contribution in [0.15, 0.2) is 48.5 Å². The second-order valence-electron chi connectivity index (χ2n) is 9.85. The molecular weight excluding hydrogens is 408 g/mol. The van der Waals surface area contributed by atoms with E-state index in [4.69, 9.17) is 16.6 Å². The molecule has 2 fully saturated rings. The maximum atomic E-state index is 12.3. The van der Waals surface area contributed by atoms with Gasteiger partial charge in [0.15, 0.2) is 0 Å². The predicted molar refractivity (Wildman–Crippen MR) is 123 cm³/mol. The molecule has 2 heterocycles. The zero-order valence-electron chi connectivity index (χ0n) is 17.5. The summed E-state index contributed by atoms with van der Waals surface area (Å²) >= 11 is 6.46. The Bertz CT molecular complexity index is 1180. The Labute approximate surface area is 187 Å². The molecule has 4 nitrogen and oxygen atoms in total. The van der Waals surface area contributed by atoms with Crippen LogP contribution in [0.2, 0.25) is 5.02 Å². The molecule has 6 rings (SSSR count). The van der Waals surface area contributed by atoms with Crippen molar-refractivity contribution >= 4 is 22.5 Å². The van der Waals surface area contributed by atoms with Crippen LogP contribution in [0, 0.1) is 5.92 Å². The Morgan fingerprint density at radius 1 is 1.10 bits per heavy atom. The van der Waals surface area contributed by atoms with Crippen LogP contribution in [0.4, 0.5) is 0 Å². The fraction of sp³-hybridized carbons (Fsp3) is 0.423. The summed E-state index contributed by atoms with van der Waals surface area (Å²) in [5.74, 6) is 1.04. The second-order valence-corrected chi connectivity index (χ2v) is 10.3. The molecule has 0 spiro atoms. The van der Waals surface area contributed by atoms with Crippen LogP contribution >= 0.6 is 11.6 Å². The molecule has 1 saturated heterocycles. The predicted octanol–water partition coefficient (Wildman–Crippen LogP) is 4.48. The van der Waals surface area contributed by atoms with E-state index in [1.165, 1.54) is 12.8 Å². The summed E-state index contributed by atoms with van der Waals surface area (Å²) in [5.41, 5.74) is 2.58. The average Bonchev–Trinajstić information content (AvgIpc) is 3.55. The molecule has 3 aliphatic rings. The quantitative estimate of drug-likeness (QED) is 0.638. The van der Waals surface area contributed by atoms with Crippen LogP contribution in [0.1, 0.15) is 36.1 Å². The van der Waals surface area contributed by atoms with Crippen LogP contribution in [-0.4, -0.2) is 45.3 Å². The van der Waals surface area contributed by atoms with Gasteiger partial charge in [-0.2, -0.15) is 0 Å². The van der Waals surface area contributed by atoms with Gasteiger partial charge in [0.25, 0.3) is 0 Å². The molecule has 2 aliphatic carbocycles. The first kappa shape index (κ1) is 19.5. The Morgan fingerprint density at radius 2 is 1.94 bits per heavy atom. The summed E-state index contributed by atoms with van der Waals surface area (Å²) in [7, 11) is 0. The number of para-hydroxylation sites is 1. The van der Waals surface area contributed by atoms with Crippen LogP contribution in [0.5, 0.6) is 5.75 Å². The second kappa shape index (κ2) is 6.93. The lowest BCUT2D eigenvalue weighted by molar-refractivity contribution is -0.104. The Morgan fingerprint density at radius 3 is 2.74 bits per heavy atom. The number of piperidine rings is 1. The number of pyridine rings is 1. The van der Waals surface area contributed by atoms with E-state index in [0.717, 1.165) is 53.2 Å². The highest BCUT2D eigenvalue weighted by molar-refractivity contribution is 6.35. The van der Waals surface area contributed by atoms with Gasteiger partial charge in [-0.05, 0) is 67.1 Å². The van der Waals surface area contributed by atoms with Crippen LogP contribution in [0.3, 0.4) is 0 Å². The number of hydrogen-bond donors (Lipinski definition) is 2. The standard InChI is InChI=1S/C26H27ClN2O2/c27-22-6-1-3-18-11-19-13-26(31)16-29(15-17-7-8-17)10-9-25(26,14-23(19)28-24(18)22)20-4-2-5-21(30)12-20/h1-6,11-12,17,30-31H,7-10,13-16H2/t25-,26-/m0/s1. The molecule has 0 amide bonds. The van der Waals surface area contributed by atoms with Crippen molar-refractivity contribution in [3.63, 3.8) is 0 Å². The minimum atomic E-state index is -0.908. The van der Waals surface area contributed by atoms with Gasteiger partial charge < -0.3 is 15.1 Å². The Balaban J connectivity index is 1.49. The molecule has 160 valence electrons. The summed E-state index contributed by atoms with van der Waals surface area (Å²) in [6, 6.07) is 15.5. The Kier molecular flexibility index (Phi) is 4.37. The molecule has 2 N–H and O–H groups in total. The van der Waals surface area contributed by atoms with Crippen molar-refractivity contribution in [3.8, 4) is 5.75 Å². The smallest absolute Gasteiger partial charge is 0.115 e. The molecule has 1 saturated carbocycles. The topological polar surface area (TPSA) is 56.6 Å². The van der Waals surface area contributed by atoms with Gasteiger partial charge in [-0.3, -0.25) is 4.98 Å². The number of rotatable bonds is 3. The summed E-state index contributed by atoms with van der Waals surface area (Å²) in [6.07, 6.45) is 4.69. The van der Waals surface area contributed by atoms with E-state index in [-0.39, 0.29) is 5.75 Å². The summed E-state index contributed by atoms with van der Waals surface area (Å²) < 4.78 is 0. The number of β-amino-alcohol motifs (C(OH)–C–C–N with tert-alkyl or cyclic N) is 1. The van der Waals surface area contributed by atoms with Gasteiger partial charge in [0.05, 0.1) is 16.1 Å². The number of benzene rings is 2. The van der Waals surface area contributed by atoms with E-state index in [1.54, 1.807) is 6.07 Å². The molecular formula is C26H27ClN2O2. The SMILES string of the molecule is Oc1cccc([C@@]23CCN(CC4CC4)C[C@@]2(O)Cc2cc4cccc(Cl)c4nc2C3)c1. The zero-order chi connectivity index (χ0) is 21.2. The summed E-state index contributed by atoms with van der Waals surface area (Å²) in [6.45, 7) is 2.70. The highest BCUT2D eigenvalue weighted by Gasteiger charge is 2.57. The van der Waals surface area contributed by atoms with Gasteiger partial charge in [0.2, 0.25) is 0 Å². The minimum Gasteiger partial charge on any atom is -0.508 e. The number of aromatic hydroxyl groups is 1. The number of hydrogen-bond acceptors (Lipinski definition) is 4. The lowest BCUT2D eigenvalue weighted by Crippen LogP contribution is -2.66. The largest absolute Gasteiger partial charge is 0.508 e. The number of phenols is 1. The third kappa shape index (κ3) is 3.15. The van der Waals surface area contributed by atoms with E-state index >= 15 is 0 Å². The van der Waals surface area contributed by atoms with Crippen molar-refractivity contribution < 1.29 is 10.2 Å². The van der Waals surface area contributed by atoms with Crippen molar-refractivity contribution in [2.75, 3.05) is 19.6 Å². The number of nitrogens with zero attached hydrogens (tertiary/aromatic N) is 2. The third-order valence-corrected chi connectivity index (χ3v) is 8.07. The van der Waals surface area contributed by atoms with Crippen molar-refractivity contribution in [2.24, 2.45) is 5.92 Å². The zero-order valence-corrected chi connectivity index (χ0v) is 18.3. The van der Waals surface area contributed by atoms with E-state index < -0.39 is 11.0 Å². The number of fused-ring (bicyclic) bond motifs is 3. The first-order valence-electron chi connectivity index (χ1n) is 11.3. The molecule has 31 heavy (non-hydrogen) atoms. The van der Waals surface area contributed by atoms with Crippen LogP contribution in [0.25, 0.3) is 10.9 Å². The van der Waals surface area contributed by atoms with Crippen molar-refractivity contribution in [3.05, 3.63) is 70.4 Å². The van der Waals surface area contributed by atoms with E-state index in [2.05, 4.69) is 17.0 Å². The van der Waals surface area contributed by atoms with E-state index in [9.17, 15) is 10.2 Å². The minimum absolute atomic E-state index is 0.245. The monoisotopic (exact) mass is 434 g/mol. The molecule has 0 bridgehead atoms. The summed E-state index contributed by atoms with van der Waals surface area (Å²) in [4.78, 5) is 7.44. The number of aliphatic hydroxyl groups is 1. The highest BCUT2D eigenvalue weighted by atomic mass is 35.5. The molecule has 3 aromatic rings. The molecule has 1 aromatic heterocycles. The van der Waals surface area contributed by atoms with E-state index in [0.29, 0.717) is 24.4 Å². The number of aromatic nitrogens is 1. The molecule has 2 atom stereocenters. The van der Waals surface area contributed by atoms with E-state index in [1.807, 2.05) is 30.3 Å². The van der Waals surface area contributed by atoms with Gasteiger partial charge in [-0.15, -0.1) is 0 Å². The lowest BCUT2D eigenvalue weighted by Gasteiger charge is -2.56. The van der Waals surface area contributed by atoms with Crippen molar-refractivity contribution in [2.45, 2.75) is 43.1 Å². The molecule has 1 aliphatic heterocycles. The maximum absolute atomic E-state index is 12.3. The summed E-state index contributed by atoms with van der Waals surface area (Å²) in [5, 5.41) is 24.2. The van der Waals surface area contributed by atoms with Crippen LogP contribution in [-0.2, 0) is 18.3 Å². The van der Waals surface area contributed by atoms with Crippen LogP contribution < -0.4 is 0 Å². The number of halogens is 1. The van der Waals surface area contributed by atoms with Crippen molar-refractivity contribution in [1.82, 2.24) is 9.88 Å². The number of likely N-dealkylation sites (tertiary alicyclic amines) is 1. The molecule has 5 heteroatoms. The van der Waals surface area contributed by atoms with Gasteiger partial charge in [-0.1, -0.05) is 35.9 Å². The molecule has 2 aromatic carbocycles. The molecule has 0 unspecified atom stereocenters. The van der Waals surface area contributed by atoms with Gasteiger partial charge in [-0.25, -0.2) is 0 Å². The maximum Gasteiger partial charge on any atom is 0.115 e. The van der Waals surface area contributed by atoms with Gasteiger partial charge in [0.1, 0.15) is 5.75 Å². The third-order valence-electron chi connectivity index (χ3n) is 7.76. The van der Waals surface area contributed by atoms with Gasteiger partial charge in [0, 0.05) is 42.4 Å².